The molecular weight excluding hydrogens is 268 g/mol. The van der Waals surface area contributed by atoms with E-state index in [1.807, 2.05) is 26.0 Å². The smallest absolute Gasteiger partial charge is 0.319 e. The Labute approximate surface area is 123 Å². The molecule has 0 unspecified atom stereocenters. The Hall–Kier alpha value is -2.63. The van der Waals surface area contributed by atoms with Gasteiger partial charge in [-0.3, -0.25) is 4.98 Å². The van der Waals surface area contributed by atoms with E-state index in [-0.39, 0.29) is 6.03 Å². The van der Waals surface area contributed by atoms with Crippen molar-refractivity contribution in [3.63, 3.8) is 0 Å². The van der Waals surface area contributed by atoms with Gasteiger partial charge < -0.3 is 15.4 Å². The third-order valence-corrected chi connectivity index (χ3v) is 2.73. The summed E-state index contributed by atoms with van der Waals surface area (Å²) in [6.45, 7) is 4.68. The zero-order valence-electron chi connectivity index (χ0n) is 12.1. The fourth-order valence-electron chi connectivity index (χ4n) is 1.69. The number of nitrogens with zero attached hydrogens (tertiary/aromatic N) is 2. The van der Waals surface area contributed by atoms with Crippen LogP contribution in [0.25, 0.3) is 0 Å². The highest BCUT2D eigenvalue weighted by Crippen LogP contribution is 2.20. The first kappa shape index (κ1) is 14.8. The number of aromatic nitrogens is 2. The van der Waals surface area contributed by atoms with E-state index >= 15 is 0 Å². The molecule has 2 N–H and O–H groups in total. The van der Waals surface area contributed by atoms with Gasteiger partial charge in [0.25, 0.3) is 0 Å². The number of nitrogens with one attached hydrogen (secondary N) is 2. The van der Waals surface area contributed by atoms with Crippen molar-refractivity contribution in [3.8, 4) is 5.88 Å². The predicted molar refractivity (Wildman–Crippen MR) is 80.2 cm³/mol. The van der Waals surface area contributed by atoms with E-state index in [4.69, 9.17) is 4.74 Å². The molecule has 0 aliphatic rings. The lowest BCUT2D eigenvalue weighted by atomic mass is 10.2. The second kappa shape index (κ2) is 7.23. The molecule has 0 bridgehead atoms. The Morgan fingerprint density at radius 3 is 2.86 bits per heavy atom. The van der Waals surface area contributed by atoms with E-state index in [0.29, 0.717) is 24.7 Å². The zero-order valence-corrected chi connectivity index (χ0v) is 12.1. The van der Waals surface area contributed by atoms with Crippen LogP contribution in [0.5, 0.6) is 5.88 Å². The SMILES string of the molecule is CCOc1ncccc1NC(=O)NCc1ccc(C)nc1. The third-order valence-electron chi connectivity index (χ3n) is 2.73. The number of amides is 2. The van der Waals surface area contributed by atoms with E-state index in [0.717, 1.165) is 11.3 Å². The van der Waals surface area contributed by atoms with E-state index in [2.05, 4.69) is 20.6 Å². The molecule has 0 aliphatic carbocycles. The highest BCUT2D eigenvalue weighted by atomic mass is 16.5. The lowest BCUT2D eigenvalue weighted by Crippen LogP contribution is -2.28. The number of hydrogen-bond donors (Lipinski definition) is 2. The van der Waals surface area contributed by atoms with E-state index in [9.17, 15) is 4.79 Å². The van der Waals surface area contributed by atoms with Gasteiger partial charge in [0.2, 0.25) is 5.88 Å². The summed E-state index contributed by atoms with van der Waals surface area (Å²) in [5.74, 6) is 0.409. The van der Waals surface area contributed by atoms with Gasteiger partial charge in [0.05, 0.1) is 6.61 Å². The zero-order chi connectivity index (χ0) is 15.1. The minimum atomic E-state index is -0.315. The lowest BCUT2D eigenvalue weighted by molar-refractivity contribution is 0.251. The number of ether oxygens (including phenoxy) is 1. The summed E-state index contributed by atoms with van der Waals surface area (Å²) in [6.07, 6.45) is 3.36. The minimum absolute atomic E-state index is 0.315. The average Bonchev–Trinajstić information content (AvgIpc) is 2.49. The van der Waals surface area contributed by atoms with Crippen LogP contribution in [0.3, 0.4) is 0 Å². The van der Waals surface area contributed by atoms with Crippen molar-refractivity contribution in [1.82, 2.24) is 15.3 Å². The van der Waals surface area contributed by atoms with Gasteiger partial charge in [-0.15, -0.1) is 0 Å². The van der Waals surface area contributed by atoms with Crippen LogP contribution in [-0.2, 0) is 6.54 Å². The first-order valence-corrected chi connectivity index (χ1v) is 6.73. The normalized spacial score (nSPS) is 10.0. The van der Waals surface area contributed by atoms with Crippen LogP contribution in [0.4, 0.5) is 10.5 Å². The van der Waals surface area contributed by atoms with Gasteiger partial charge in [0.15, 0.2) is 0 Å². The van der Waals surface area contributed by atoms with Gasteiger partial charge in [0.1, 0.15) is 5.69 Å². The molecular formula is C15H18N4O2. The number of urea groups is 1. The van der Waals surface area contributed by atoms with Crippen molar-refractivity contribution < 1.29 is 9.53 Å². The molecule has 2 rings (SSSR count). The summed E-state index contributed by atoms with van der Waals surface area (Å²) in [5.41, 5.74) is 2.42. The molecule has 0 fully saturated rings. The summed E-state index contributed by atoms with van der Waals surface area (Å²) in [4.78, 5) is 20.1. The Morgan fingerprint density at radius 2 is 2.14 bits per heavy atom. The maximum Gasteiger partial charge on any atom is 0.319 e. The molecule has 2 aromatic heterocycles. The Kier molecular flexibility index (Phi) is 5.09. The quantitative estimate of drug-likeness (QED) is 0.885. The molecule has 0 aliphatic heterocycles. The van der Waals surface area contributed by atoms with Gasteiger partial charge in [0, 0.05) is 24.6 Å². The fraction of sp³-hybridized carbons (Fsp3) is 0.267. The van der Waals surface area contributed by atoms with Gasteiger partial charge in [-0.25, -0.2) is 9.78 Å². The van der Waals surface area contributed by atoms with Gasteiger partial charge >= 0.3 is 6.03 Å². The summed E-state index contributed by atoms with van der Waals surface area (Å²) in [7, 11) is 0. The first-order chi connectivity index (χ1) is 10.2. The van der Waals surface area contributed by atoms with Crippen molar-refractivity contribution >= 4 is 11.7 Å². The topological polar surface area (TPSA) is 76.1 Å². The molecule has 2 amide bonds. The molecule has 21 heavy (non-hydrogen) atoms. The summed E-state index contributed by atoms with van der Waals surface area (Å²) < 4.78 is 5.35. The van der Waals surface area contributed by atoms with Crippen LogP contribution in [0.1, 0.15) is 18.2 Å². The molecule has 0 atom stereocenters. The number of anilines is 1. The van der Waals surface area contributed by atoms with Crippen molar-refractivity contribution in [1.29, 1.82) is 0 Å². The van der Waals surface area contributed by atoms with Crippen LogP contribution >= 0.6 is 0 Å². The average molecular weight is 286 g/mol. The molecule has 2 heterocycles. The molecule has 0 radical (unpaired) electrons. The van der Waals surface area contributed by atoms with Crippen LogP contribution in [0, 0.1) is 6.92 Å². The Morgan fingerprint density at radius 1 is 1.29 bits per heavy atom. The summed E-state index contributed by atoms with van der Waals surface area (Å²) >= 11 is 0. The molecule has 0 spiro atoms. The first-order valence-electron chi connectivity index (χ1n) is 6.73. The molecule has 6 nitrogen and oxygen atoms in total. The molecule has 2 aromatic rings. The predicted octanol–water partition coefficient (Wildman–Crippen LogP) is 2.51. The summed E-state index contributed by atoms with van der Waals surface area (Å²) in [5, 5.41) is 5.48. The minimum Gasteiger partial charge on any atom is -0.476 e. The number of aryl methyl sites for hydroxylation is 1. The maximum atomic E-state index is 11.9. The molecule has 0 saturated heterocycles. The van der Waals surface area contributed by atoms with Crippen LogP contribution in [0.2, 0.25) is 0 Å². The van der Waals surface area contributed by atoms with E-state index in [1.54, 1.807) is 24.5 Å². The Bertz CT molecular complexity index is 599. The Balaban J connectivity index is 1.91. The second-order valence-electron chi connectivity index (χ2n) is 4.40. The molecule has 110 valence electrons. The maximum absolute atomic E-state index is 11.9. The van der Waals surface area contributed by atoms with Crippen molar-refractivity contribution in [2.75, 3.05) is 11.9 Å². The summed E-state index contributed by atoms with van der Waals surface area (Å²) in [6, 6.07) is 7.00. The number of pyridine rings is 2. The van der Waals surface area contributed by atoms with Crippen LogP contribution < -0.4 is 15.4 Å². The van der Waals surface area contributed by atoms with Crippen molar-refractivity contribution in [3.05, 3.63) is 47.9 Å². The number of carbonyl (C=O) groups excluding carboxylic acids is 1. The standard InChI is InChI=1S/C15H18N4O2/c1-3-21-14-13(5-4-8-16-14)19-15(20)18-10-12-7-6-11(2)17-9-12/h4-9H,3,10H2,1-2H3,(H2,18,19,20). The molecule has 0 aromatic carbocycles. The number of carbonyl (C=O) groups is 1. The van der Waals surface area contributed by atoms with Crippen molar-refractivity contribution in [2.45, 2.75) is 20.4 Å². The monoisotopic (exact) mass is 286 g/mol. The molecule has 0 saturated carbocycles. The highest BCUT2D eigenvalue weighted by molar-refractivity contribution is 5.90. The largest absolute Gasteiger partial charge is 0.476 e. The number of hydrogen-bond acceptors (Lipinski definition) is 4. The number of rotatable bonds is 5. The lowest BCUT2D eigenvalue weighted by Gasteiger charge is -2.11. The highest BCUT2D eigenvalue weighted by Gasteiger charge is 2.08. The van der Waals surface area contributed by atoms with Gasteiger partial charge in [-0.05, 0) is 37.6 Å². The van der Waals surface area contributed by atoms with Gasteiger partial charge in [-0.1, -0.05) is 6.07 Å². The second-order valence-corrected chi connectivity index (χ2v) is 4.40. The van der Waals surface area contributed by atoms with Crippen LogP contribution in [0.15, 0.2) is 36.7 Å². The van der Waals surface area contributed by atoms with Crippen molar-refractivity contribution in [2.24, 2.45) is 0 Å². The fourth-order valence-corrected chi connectivity index (χ4v) is 1.69. The van der Waals surface area contributed by atoms with E-state index in [1.165, 1.54) is 0 Å². The van der Waals surface area contributed by atoms with Crippen LogP contribution in [-0.4, -0.2) is 22.6 Å². The van der Waals surface area contributed by atoms with Gasteiger partial charge in [-0.2, -0.15) is 0 Å². The third kappa shape index (κ3) is 4.45. The van der Waals surface area contributed by atoms with E-state index < -0.39 is 0 Å². The molecule has 6 heteroatoms.